The van der Waals surface area contributed by atoms with Crippen LogP contribution in [0.1, 0.15) is 48.4 Å². The number of aromatic nitrogens is 4. The van der Waals surface area contributed by atoms with Crippen molar-refractivity contribution in [3.8, 4) is 28.7 Å². The van der Waals surface area contributed by atoms with Crippen molar-refractivity contribution in [1.29, 1.82) is 0 Å². The maximum Gasteiger partial charge on any atom is 2.00 e. The number of piperazine rings is 1. The molecule has 3 aliphatic rings. The molecule has 6 rings (SSSR count). The summed E-state index contributed by atoms with van der Waals surface area (Å²) in [5.41, 5.74) is 1.67. The summed E-state index contributed by atoms with van der Waals surface area (Å²) in [7, 11) is 2.94. The first-order chi connectivity index (χ1) is 19.3. The van der Waals surface area contributed by atoms with E-state index in [-0.39, 0.29) is 63.1 Å². The van der Waals surface area contributed by atoms with Crippen molar-refractivity contribution in [2.75, 3.05) is 25.6 Å². The van der Waals surface area contributed by atoms with Gasteiger partial charge in [-0.2, -0.15) is 0 Å². The van der Waals surface area contributed by atoms with Gasteiger partial charge in [-0.25, -0.2) is 13.9 Å². The molecule has 1 spiro atoms. The number of methoxy groups -OCH3 is 1. The molecular weight excluding hydrogens is 601 g/mol. The molecule has 1 saturated heterocycles. The van der Waals surface area contributed by atoms with Gasteiger partial charge in [0.15, 0.2) is 0 Å². The third-order valence-electron chi connectivity index (χ3n) is 6.86. The minimum atomic E-state index is -2.83. The van der Waals surface area contributed by atoms with Crippen molar-refractivity contribution in [1.82, 2.24) is 25.1 Å². The average Bonchev–Trinajstić information content (AvgIpc) is 3.91. The molecule has 3 aromatic heterocycles. The van der Waals surface area contributed by atoms with Gasteiger partial charge in [0.2, 0.25) is 5.91 Å². The molecule has 0 atom stereocenters. The third kappa shape index (κ3) is 6.26. The largest absolute Gasteiger partial charge is 2.00 e. The molecule has 0 radical (unpaired) electrons. The van der Waals surface area contributed by atoms with Gasteiger partial charge in [-0.05, 0) is 37.3 Å². The molecule has 3 aromatic rings. The van der Waals surface area contributed by atoms with E-state index < -0.39 is 17.7 Å². The average molecular weight is 623 g/mol. The monoisotopic (exact) mass is 622 g/mol. The molecule has 0 N–H and O–H groups in total. The van der Waals surface area contributed by atoms with Crippen molar-refractivity contribution in [3.63, 3.8) is 0 Å². The van der Waals surface area contributed by atoms with E-state index >= 15 is 0 Å². The van der Waals surface area contributed by atoms with Gasteiger partial charge in [0.1, 0.15) is 29.3 Å². The SMILES string of the molecule is C(#CC1CC1)c1nn[c-]s1.COc1cnc(C(F)F)cc1-c1cc(N2CC(=O)N(C)C3(CC3)C2=O)ncc1[C-]=O.[Ni+2]. The summed E-state index contributed by atoms with van der Waals surface area (Å²) in [4.78, 5) is 47.4. The van der Waals surface area contributed by atoms with Crippen molar-refractivity contribution < 1.29 is 44.4 Å². The van der Waals surface area contributed by atoms with E-state index in [1.807, 2.05) is 0 Å². The van der Waals surface area contributed by atoms with Crippen LogP contribution in [0.25, 0.3) is 11.1 Å². The molecule has 214 valence electrons. The van der Waals surface area contributed by atoms with E-state index in [1.54, 1.807) is 13.3 Å². The Morgan fingerprint density at radius 2 is 1.95 bits per heavy atom. The van der Waals surface area contributed by atoms with Gasteiger partial charge in [0.25, 0.3) is 12.3 Å². The van der Waals surface area contributed by atoms with Gasteiger partial charge in [-0.3, -0.25) is 24.6 Å². The second kappa shape index (κ2) is 12.4. The Kier molecular flexibility index (Phi) is 9.09. The minimum absolute atomic E-state index is 0. The zero-order valence-electron chi connectivity index (χ0n) is 21.8. The van der Waals surface area contributed by atoms with Crippen molar-refractivity contribution in [2.24, 2.45) is 5.92 Å². The summed E-state index contributed by atoms with van der Waals surface area (Å²) in [6.07, 6.45) is 4.87. The number of carbonyl (C=O) groups is 2. The molecule has 1 aliphatic heterocycles. The zero-order chi connectivity index (χ0) is 28.4. The first kappa shape index (κ1) is 30.1. The molecular formula is C27H22F2N6NiO4S. The molecule has 2 amide bonds. The predicted octanol–water partition coefficient (Wildman–Crippen LogP) is 2.98. The Morgan fingerprint density at radius 3 is 2.54 bits per heavy atom. The van der Waals surface area contributed by atoms with Gasteiger partial charge in [0, 0.05) is 18.0 Å². The fourth-order valence-corrected chi connectivity index (χ4v) is 4.60. The number of amides is 2. The number of pyridine rings is 2. The maximum atomic E-state index is 13.2. The Labute approximate surface area is 248 Å². The van der Waals surface area contributed by atoms with Crippen LogP contribution in [-0.2, 0) is 30.9 Å². The van der Waals surface area contributed by atoms with Crippen molar-refractivity contribution >= 4 is 35.3 Å². The Morgan fingerprint density at radius 1 is 1.20 bits per heavy atom. The normalized spacial score (nSPS) is 16.8. The van der Waals surface area contributed by atoms with Crippen LogP contribution in [-0.4, -0.2) is 69.4 Å². The Bertz CT molecular complexity index is 1520. The van der Waals surface area contributed by atoms with E-state index in [0.717, 1.165) is 17.3 Å². The number of hydrogen-bond donors (Lipinski definition) is 0. The van der Waals surface area contributed by atoms with Crippen LogP contribution < -0.4 is 9.64 Å². The standard InChI is InChI=1S/C20H17F2N4O4.C7H5N2S.Ni/c1-25-17(28)9-26(19(29)20(25)3-4-20)16-6-12(11(10-27)7-24-16)13-5-14(18(21)22)23-8-15(13)30-2;1-2-6(1)3-4-7-9-8-5-10-7;/h5-8,18H,3-4,9H2,1-2H3;6H,1-2H2;/q2*-1;+2. The Balaban J connectivity index is 0.000000295. The van der Waals surface area contributed by atoms with E-state index in [1.165, 1.54) is 53.4 Å². The number of likely N-dealkylation sites (N-methyl/N-ethyl adjacent to an activating group) is 1. The van der Waals surface area contributed by atoms with Gasteiger partial charge >= 0.3 is 16.5 Å². The van der Waals surface area contributed by atoms with E-state index in [9.17, 15) is 23.2 Å². The molecule has 4 heterocycles. The van der Waals surface area contributed by atoms with E-state index in [0.29, 0.717) is 18.8 Å². The number of alkyl halides is 2. The quantitative estimate of drug-likeness (QED) is 0.242. The predicted molar refractivity (Wildman–Crippen MR) is 139 cm³/mol. The first-order valence-electron chi connectivity index (χ1n) is 12.3. The summed E-state index contributed by atoms with van der Waals surface area (Å²) >= 11 is 1.37. The van der Waals surface area contributed by atoms with Crippen LogP contribution in [0.15, 0.2) is 24.5 Å². The molecule has 41 heavy (non-hydrogen) atoms. The number of anilines is 1. The number of hydrogen-bond acceptors (Lipinski definition) is 9. The topological polar surface area (TPSA) is 118 Å². The second-order valence-corrected chi connectivity index (χ2v) is 10.2. The van der Waals surface area contributed by atoms with Gasteiger partial charge in [0.05, 0.1) is 19.6 Å². The second-order valence-electron chi connectivity index (χ2n) is 9.42. The van der Waals surface area contributed by atoms with Crippen LogP contribution in [0.5, 0.6) is 5.75 Å². The van der Waals surface area contributed by atoms with E-state index in [4.69, 9.17) is 4.74 Å². The first-order valence-corrected chi connectivity index (χ1v) is 13.1. The van der Waals surface area contributed by atoms with Crippen molar-refractivity contribution in [3.05, 3.63) is 46.3 Å². The summed E-state index contributed by atoms with van der Waals surface area (Å²) in [5, 5.41) is 8.10. The van der Waals surface area contributed by atoms with Crippen LogP contribution in [0.4, 0.5) is 14.6 Å². The minimum Gasteiger partial charge on any atom is -0.496 e. The van der Waals surface area contributed by atoms with Crippen LogP contribution in [0.3, 0.4) is 0 Å². The molecule has 10 nitrogen and oxygen atoms in total. The molecule has 2 saturated carbocycles. The molecule has 0 aromatic carbocycles. The maximum absolute atomic E-state index is 13.2. The van der Waals surface area contributed by atoms with E-state index in [2.05, 4.69) is 37.5 Å². The molecule has 2 aliphatic carbocycles. The molecule has 0 bridgehead atoms. The fraction of sp³-hybridized carbons (Fsp3) is 0.370. The smallest absolute Gasteiger partial charge is 0.496 e. The number of rotatable bonds is 5. The molecule has 14 heteroatoms. The van der Waals surface area contributed by atoms with Gasteiger partial charge in [-0.1, -0.05) is 17.8 Å². The van der Waals surface area contributed by atoms with Crippen LogP contribution in [0.2, 0.25) is 0 Å². The van der Waals surface area contributed by atoms with Crippen molar-refractivity contribution in [2.45, 2.75) is 37.6 Å². The zero-order valence-corrected chi connectivity index (χ0v) is 23.6. The molecule has 0 unspecified atom stereocenters. The third-order valence-corrected chi connectivity index (χ3v) is 7.41. The Hall–Kier alpha value is -3.82. The summed E-state index contributed by atoms with van der Waals surface area (Å²) < 4.78 is 31.6. The number of nitrogens with zero attached hydrogens (tertiary/aromatic N) is 6. The van der Waals surface area contributed by atoms with Crippen LogP contribution >= 0.6 is 11.3 Å². The summed E-state index contributed by atoms with van der Waals surface area (Å²) in [6.45, 7) is -0.205. The number of halogens is 2. The van der Waals surface area contributed by atoms with Gasteiger partial charge < -0.3 is 30.8 Å². The van der Waals surface area contributed by atoms with Crippen LogP contribution in [0, 0.1) is 23.3 Å². The fourth-order valence-electron chi connectivity index (χ4n) is 4.24. The number of ether oxygens (including phenoxy) is 1. The summed E-state index contributed by atoms with van der Waals surface area (Å²) in [5.74, 6) is 6.49. The summed E-state index contributed by atoms with van der Waals surface area (Å²) in [6, 6.07) is 2.52. The molecule has 3 fully saturated rings. The number of carbonyl (C=O) groups excluding carboxylic acids is 3. The van der Waals surface area contributed by atoms with Gasteiger partial charge in [-0.15, -0.1) is 23.0 Å².